The molecule has 0 aliphatic rings. The Morgan fingerprint density at radius 3 is 2.60 bits per heavy atom. The van der Waals surface area contributed by atoms with Crippen molar-refractivity contribution >= 4 is 23.7 Å². The number of rotatable bonds is 7. The highest BCUT2D eigenvalue weighted by atomic mass is 35.5. The monoisotopic (exact) mass is 362 g/mol. The molecule has 0 aliphatic heterocycles. The van der Waals surface area contributed by atoms with E-state index in [1.165, 1.54) is 6.21 Å². The normalized spacial score (nSPS) is 10.6. The van der Waals surface area contributed by atoms with E-state index in [0.717, 1.165) is 5.56 Å². The quantitative estimate of drug-likeness (QED) is 0.606. The zero-order valence-corrected chi connectivity index (χ0v) is 15.0. The third-order valence-corrected chi connectivity index (χ3v) is 3.75. The first-order valence-corrected chi connectivity index (χ1v) is 7.84. The summed E-state index contributed by atoms with van der Waals surface area (Å²) in [4.78, 5) is 11.8. The van der Waals surface area contributed by atoms with Gasteiger partial charge in [-0.1, -0.05) is 11.6 Å². The fourth-order valence-corrected chi connectivity index (χ4v) is 2.12. The highest BCUT2D eigenvalue weighted by Gasteiger charge is 2.05. The lowest BCUT2D eigenvalue weighted by Gasteiger charge is -2.07. The smallest absolute Gasteiger partial charge is 0.277 e. The van der Waals surface area contributed by atoms with Crippen LogP contribution in [-0.2, 0) is 4.79 Å². The fourth-order valence-electron chi connectivity index (χ4n) is 2.00. The molecule has 0 aromatic heterocycles. The average molecular weight is 363 g/mol. The molecule has 6 nitrogen and oxygen atoms in total. The predicted molar refractivity (Wildman–Crippen MR) is 97.0 cm³/mol. The van der Waals surface area contributed by atoms with Gasteiger partial charge in [-0.25, -0.2) is 5.43 Å². The van der Waals surface area contributed by atoms with Crippen molar-refractivity contribution in [3.05, 3.63) is 52.5 Å². The Balaban J connectivity index is 1.91. The molecule has 0 bridgehead atoms. The summed E-state index contributed by atoms with van der Waals surface area (Å²) >= 11 is 5.94. The van der Waals surface area contributed by atoms with E-state index in [0.29, 0.717) is 27.8 Å². The molecule has 2 aromatic carbocycles. The van der Waals surface area contributed by atoms with Crippen molar-refractivity contribution in [2.75, 3.05) is 20.8 Å². The van der Waals surface area contributed by atoms with Crippen LogP contribution in [0, 0.1) is 6.92 Å². The Hall–Kier alpha value is -2.73. The third-order valence-electron chi connectivity index (χ3n) is 3.33. The number of carbonyl (C=O) groups excluding carboxylic acids is 1. The van der Waals surface area contributed by atoms with Crippen molar-refractivity contribution in [1.82, 2.24) is 5.43 Å². The molecule has 0 atom stereocenters. The van der Waals surface area contributed by atoms with Gasteiger partial charge in [-0.05, 0) is 48.9 Å². The second-order valence-corrected chi connectivity index (χ2v) is 5.51. The Labute approximate surface area is 151 Å². The summed E-state index contributed by atoms with van der Waals surface area (Å²) in [6, 6.07) is 10.5. The molecule has 2 rings (SSSR count). The summed E-state index contributed by atoms with van der Waals surface area (Å²) in [5, 5.41) is 4.56. The molecule has 0 spiro atoms. The summed E-state index contributed by atoms with van der Waals surface area (Å²) in [6.45, 7) is 1.70. The molecule has 0 aliphatic carbocycles. The minimum absolute atomic E-state index is 0.159. The predicted octanol–water partition coefficient (Wildman–Crippen LogP) is 3.19. The lowest BCUT2D eigenvalue weighted by atomic mass is 10.2. The second kappa shape index (κ2) is 8.94. The zero-order chi connectivity index (χ0) is 18.2. The van der Waals surface area contributed by atoms with Crippen LogP contribution < -0.4 is 19.6 Å². The number of carbonyl (C=O) groups is 1. The van der Waals surface area contributed by atoms with Crippen LogP contribution in [0.2, 0.25) is 5.02 Å². The van der Waals surface area contributed by atoms with Crippen molar-refractivity contribution in [3.63, 3.8) is 0 Å². The Kier molecular flexibility index (Phi) is 6.65. The van der Waals surface area contributed by atoms with Gasteiger partial charge in [0.2, 0.25) is 0 Å². The third kappa shape index (κ3) is 5.39. The Bertz CT molecular complexity index is 778. The summed E-state index contributed by atoms with van der Waals surface area (Å²) in [7, 11) is 3.12. The Morgan fingerprint density at radius 2 is 1.92 bits per heavy atom. The number of nitrogens with zero attached hydrogens (tertiary/aromatic N) is 1. The van der Waals surface area contributed by atoms with Gasteiger partial charge in [-0.3, -0.25) is 4.79 Å². The van der Waals surface area contributed by atoms with E-state index in [1.807, 2.05) is 6.92 Å². The highest BCUT2D eigenvalue weighted by molar-refractivity contribution is 6.31. The second-order valence-electron chi connectivity index (χ2n) is 5.10. The number of hydrogen-bond donors (Lipinski definition) is 1. The van der Waals surface area contributed by atoms with Crippen LogP contribution in [-0.4, -0.2) is 32.9 Å². The molecule has 0 radical (unpaired) electrons. The first kappa shape index (κ1) is 18.6. The number of amides is 1. The van der Waals surface area contributed by atoms with Crippen LogP contribution in [0.1, 0.15) is 11.1 Å². The average Bonchev–Trinajstić information content (AvgIpc) is 2.62. The molecule has 2 aromatic rings. The number of hydrogen-bond acceptors (Lipinski definition) is 5. The first-order chi connectivity index (χ1) is 12.0. The van der Waals surface area contributed by atoms with Crippen LogP contribution >= 0.6 is 11.6 Å². The molecule has 0 fully saturated rings. The van der Waals surface area contributed by atoms with Gasteiger partial charge in [0.1, 0.15) is 17.2 Å². The SMILES string of the molecule is COc1ccc(OC)c(C=NNC(=O)COc2ccc(Cl)c(C)c2)c1. The highest BCUT2D eigenvalue weighted by Crippen LogP contribution is 2.22. The molecule has 0 saturated carbocycles. The summed E-state index contributed by atoms with van der Waals surface area (Å²) in [6.07, 6.45) is 1.48. The maximum atomic E-state index is 11.8. The van der Waals surface area contributed by atoms with Gasteiger partial charge in [0.25, 0.3) is 5.91 Å². The lowest BCUT2D eigenvalue weighted by Crippen LogP contribution is -2.24. The molecular weight excluding hydrogens is 344 g/mol. The Morgan fingerprint density at radius 1 is 1.16 bits per heavy atom. The number of aryl methyl sites for hydroxylation is 1. The number of methoxy groups -OCH3 is 2. The van der Waals surface area contributed by atoms with Crippen molar-refractivity contribution < 1.29 is 19.0 Å². The molecule has 132 valence electrons. The van der Waals surface area contributed by atoms with Crippen molar-refractivity contribution in [3.8, 4) is 17.2 Å². The van der Waals surface area contributed by atoms with Crippen LogP contribution in [0.25, 0.3) is 0 Å². The van der Waals surface area contributed by atoms with E-state index >= 15 is 0 Å². The van der Waals surface area contributed by atoms with E-state index in [2.05, 4.69) is 10.5 Å². The first-order valence-electron chi connectivity index (χ1n) is 7.46. The molecule has 25 heavy (non-hydrogen) atoms. The van der Waals surface area contributed by atoms with Gasteiger partial charge in [-0.2, -0.15) is 5.10 Å². The summed E-state index contributed by atoms with van der Waals surface area (Å²) in [5.41, 5.74) is 3.95. The topological polar surface area (TPSA) is 69.2 Å². The van der Waals surface area contributed by atoms with Gasteiger partial charge in [0.15, 0.2) is 6.61 Å². The molecule has 0 unspecified atom stereocenters. The largest absolute Gasteiger partial charge is 0.497 e. The molecular formula is C18H19ClN2O4. The number of nitrogens with one attached hydrogen (secondary N) is 1. The summed E-state index contributed by atoms with van der Waals surface area (Å²) < 4.78 is 15.8. The van der Waals surface area contributed by atoms with E-state index in [9.17, 15) is 4.79 Å². The molecule has 7 heteroatoms. The van der Waals surface area contributed by atoms with E-state index in [-0.39, 0.29) is 12.5 Å². The number of ether oxygens (including phenoxy) is 3. The van der Waals surface area contributed by atoms with Crippen molar-refractivity contribution in [2.45, 2.75) is 6.92 Å². The fraction of sp³-hybridized carbons (Fsp3) is 0.222. The minimum atomic E-state index is -0.384. The van der Waals surface area contributed by atoms with E-state index < -0.39 is 0 Å². The maximum absolute atomic E-state index is 11.8. The number of benzene rings is 2. The van der Waals surface area contributed by atoms with Gasteiger partial charge >= 0.3 is 0 Å². The molecule has 1 N–H and O–H groups in total. The lowest BCUT2D eigenvalue weighted by molar-refractivity contribution is -0.123. The molecule has 0 saturated heterocycles. The van der Waals surface area contributed by atoms with Gasteiger partial charge in [0.05, 0.1) is 20.4 Å². The van der Waals surface area contributed by atoms with Crippen LogP contribution in [0.3, 0.4) is 0 Å². The standard InChI is InChI=1S/C18H19ClN2O4/c1-12-8-15(4-6-16(12)19)25-11-18(22)21-20-10-13-9-14(23-2)5-7-17(13)24-3/h4-10H,11H2,1-3H3,(H,21,22). The molecule has 0 heterocycles. The van der Waals surface area contributed by atoms with E-state index in [4.69, 9.17) is 25.8 Å². The summed E-state index contributed by atoms with van der Waals surface area (Å²) in [5.74, 6) is 1.46. The van der Waals surface area contributed by atoms with E-state index in [1.54, 1.807) is 50.6 Å². The van der Waals surface area contributed by atoms with Gasteiger partial charge in [-0.15, -0.1) is 0 Å². The van der Waals surface area contributed by atoms with Gasteiger partial charge in [0, 0.05) is 10.6 Å². The van der Waals surface area contributed by atoms with Gasteiger partial charge < -0.3 is 14.2 Å². The van der Waals surface area contributed by atoms with Crippen LogP contribution in [0.5, 0.6) is 17.2 Å². The van der Waals surface area contributed by atoms with Crippen LogP contribution in [0.4, 0.5) is 0 Å². The number of hydrazone groups is 1. The molecule has 1 amide bonds. The minimum Gasteiger partial charge on any atom is -0.497 e. The van der Waals surface area contributed by atoms with Crippen molar-refractivity contribution in [1.29, 1.82) is 0 Å². The zero-order valence-electron chi connectivity index (χ0n) is 14.2. The van der Waals surface area contributed by atoms with Crippen LogP contribution in [0.15, 0.2) is 41.5 Å². The number of halogens is 1. The van der Waals surface area contributed by atoms with Crippen molar-refractivity contribution in [2.24, 2.45) is 5.10 Å². The maximum Gasteiger partial charge on any atom is 0.277 e.